The number of nitrogens with one attached hydrogen (secondary N) is 2. The molecule has 0 amide bonds. The van der Waals surface area contributed by atoms with Crippen molar-refractivity contribution >= 4 is 11.6 Å². The van der Waals surface area contributed by atoms with Crippen molar-refractivity contribution in [2.24, 2.45) is 0 Å². The highest BCUT2D eigenvalue weighted by molar-refractivity contribution is 5.59. The number of hydrogen-bond acceptors (Lipinski definition) is 5. The van der Waals surface area contributed by atoms with Crippen molar-refractivity contribution in [3.8, 4) is 17.0 Å². The lowest BCUT2D eigenvalue weighted by atomic mass is 10.2. The van der Waals surface area contributed by atoms with E-state index in [0.717, 1.165) is 23.4 Å². The molecule has 0 aliphatic rings. The van der Waals surface area contributed by atoms with E-state index in [0.29, 0.717) is 18.2 Å². The monoisotopic (exact) mass is 322 g/mol. The average Bonchev–Trinajstić information content (AvgIpc) is 2.62. The summed E-state index contributed by atoms with van der Waals surface area (Å²) in [4.78, 5) is 14.9. The van der Waals surface area contributed by atoms with Crippen LogP contribution in [0, 0.1) is 0 Å². The first-order chi connectivity index (χ1) is 11.8. The lowest BCUT2D eigenvalue weighted by molar-refractivity contribution is 0.317. The normalized spacial score (nSPS) is 10.4. The summed E-state index contributed by atoms with van der Waals surface area (Å²) in [6.45, 7) is 2.75. The van der Waals surface area contributed by atoms with Gasteiger partial charge in [0.05, 0.1) is 6.61 Å². The Kier molecular flexibility index (Phi) is 4.86. The van der Waals surface area contributed by atoms with Crippen LogP contribution in [-0.2, 0) is 0 Å². The summed E-state index contributed by atoms with van der Waals surface area (Å²) < 4.78 is 5.53. The SMILES string of the molecule is CCCOc1ccc(Nc2nnc(-c3ccccc3)c(=O)[nH]2)cc1. The standard InChI is InChI=1S/C18H18N4O2/c1-2-12-24-15-10-8-14(9-11-15)19-18-20-17(23)16(21-22-18)13-6-4-3-5-7-13/h3-11H,2,12H2,1H3,(H2,19,20,22,23). The van der Waals surface area contributed by atoms with E-state index in [2.05, 4.69) is 27.4 Å². The van der Waals surface area contributed by atoms with E-state index in [4.69, 9.17) is 4.74 Å². The third-order valence-electron chi connectivity index (χ3n) is 3.33. The summed E-state index contributed by atoms with van der Waals surface area (Å²) in [5, 5.41) is 11.1. The maximum absolute atomic E-state index is 12.2. The quantitative estimate of drug-likeness (QED) is 0.727. The highest BCUT2D eigenvalue weighted by Crippen LogP contribution is 2.18. The van der Waals surface area contributed by atoms with E-state index >= 15 is 0 Å². The second kappa shape index (κ2) is 7.41. The molecule has 0 radical (unpaired) electrons. The highest BCUT2D eigenvalue weighted by atomic mass is 16.5. The molecular formula is C18H18N4O2. The second-order valence-corrected chi connectivity index (χ2v) is 5.22. The molecular weight excluding hydrogens is 304 g/mol. The predicted molar refractivity (Wildman–Crippen MR) is 93.6 cm³/mol. The van der Waals surface area contributed by atoms with E-state index < -0.39 is 0 Å². The molecule has 0 aliphatic carbocycles. The molecule has 3 rings (SSSR count). The molecule has 0 aliphatic heterocycles. The largest absolute Gasteiger partial charge is 0.494 e. The molecule has 0 saturated heterocycles. The summed E-state index contributed by atoms with van der Waals surface area (Å²) in [7, 11) is 0. The van der Waals surface area contributed by atoms with Crippen LogP contribution in [-0.4, -0.2) is 21.8 Å². The van der Waals surface area contributed by atoms with Crippen molar-refractivity contribution < 1.29 is 4.74 Å². The van der Waals surface area contributed by atoms with Crippen LogP contribution in [0.4, 0.5) is 11.6 Å². The van der Waals surface area contributed by atoms with Crippen molar-refractivity contribution in [3.05, 3.63) is 65.0 Å². The van der Waals surface area contributed by atoms with Gasteiger partial charge in [-0.15, -0.1) is 10.2 Å². The third kappa shape index (κ3) is 3.78. The molecule has 1 heterocycles. The minimum atomic E-state index is -0.290. The van der Waals surface area contributed by atoms with Gasteiger partial charge < -0.3 is 10.1 Å². The number of hydrogen-bond donors (Lipinski definition) is 2. The first kappa shape index (κ1) is 15.7. The summed E-state index contributed by atoms with van der Waals surface area (Å²) in [6, 6.07) is 16.7. The van der Waals surface area contributed by atoms with Crippen molar-refractivity contribution in [3.63, 3.8) is 0 Å². The topological polar surface area (TPSA) is 79.9 Å². The number of H-pyrrole nitrogens is 1. The Morgan fingerprint density at radius 2 is 1.79 bits per heavy atom. The first-order valence-electron chi connectivity index (χ1n) is 7.78. The fraction of sp³-hybridized carbons (Fsp3) is 0.167. The molecule has 0 atom stereocenters. The number of aromatic nitrogens is 3. The zero-order chi connectivity index (χ0) is 16.8. The van der Waals surface area contributed by atoms with Crippen LogP contribution in [0.25, 0.3) is 11.3 Å². The molecule has 122 valence electrons. The van der Waals surface area contributed by atoms with Gasteiger partial charge in [-0.25, -0.2) is 0 Å². The summed E-state index contributed by atoms with van der Waals surface area (Å²) in [5.41, 5.74) is 1.53. The van der Waals surface area contributed by atoms with Crippen LogP contribution in [0.5, 0.6) is 5.75 Å². The Labute approximate surface area is 139 Å². The van der Waals surface area contributed by atoms with Crippen molar-refractivity contribution in [2.45, 2.75) is 13.3 Å². The lowest BCUT2D eigenvalue weighted by Gasteiger charge is -2.07. The van der Waals surface area contributed by atoms with Gasteiger partial charge in [-0.3, -0.25) is 9.78 Å². The maximum atomic E-state index is 12.2. The number of ether oxygens (including phenoxy) is 1. The van der Waals surface area contributed by atoms with Crippen molar-refractivity contribution in [1.82, 2.24) is 15.2 Å². The number of aromatic amines is 1. The lowest BCUT2D eigenvalue weighted by Crippen LogP contribution is -2.15. The van der Waals surface area contributed by atoms with Crippen LogP contribution in [0.1, 0.15) is 13.3 Å². The second-order valence-electron chi connectivity index (χ2n) is 5.22. The summed E-state index contributed by atoms with van der Waals surface area (Å²) in [6.07, 6.45) is 0.963. The molecule has 6 nitrogen and oxygen atoms in total. The van der Waals surface area contributed by atoms with E-state index in [9.17, 15) is 4.79 Å². The first-order valence-corrected chi connectivity index (χ1v) is 7.78. The molecule has 6 heteroatoms. The Balaban J connectivity index is 1.74. The molecule has 24 heavy (non-hydrogen) atoms. The molecule has 0 unspecified atom stereocenters. The molecule has 0 spiro atoms. The third-order valence-corrected chi connectivity index (χ3v) is 3.33. The van der Waals surface area contributed by atoms with Crippen LogP contribution < -0.4 is 15.6 Å². The zero-order valence-electron chi connectivity index (χ0n) is 13.3. The Morgan fingerprint density at radius 1 is 1.04 bits per heavy atom. The van der Waals surface area contributed by atoms with Crippen LogP contribution in [0.15, 0.2) is 59.4 Å². The zero-order valence-corrected chi connectivity index (χ0v) is 13.3. The van der Waals surface area contributed by atoms with E-state index in [1.54, 1.807) is 0 Å². The van der Waals surface area contributed by atoms with Gasteiger partial charge in [-0.05, 0) is 30.7 Å². The van der Waals surface area contributed by atoms with E-state index in [1.165, 1.54) is 0 Å². The van der Waals surface area contributed by atoms with Crippen LogP contribution in [0.2, 0.25) is 0 Å². The minimum Gasteiger partial charge on any atom is -0.494 e. The summed E-state index contributed by atoms with van der Waals surface area (Å²) in [5.74, 6) is 1.10. The minimum absolute atomic E-state index is 0.290. The molecule has 0 bridgehead atoms. The molecule has 1 aromatic heterocycles. The van der Waals surface area contributed by atoms with Crippen LogP contribution in [0.3, 0.4) is 0 Å². The fourth-order valence-electron chi connectivity index (χ4n) is 2.17. The number of anilines is 2. The summed E-state index contributed by atoms with van der Waals surface area (Å²) >= 11 is 0. The molecule has 0 saturated carbocycles. The maximum Gasteiger partial charge on any atom is 0.279 e. The van der Waals surface area contributed by atoms with Crippen molar-refractivity contribution in [1.29, 1.82) is 0 Å². The Morgan fingerprint density at radius 3 is 2.46 bits per heavy atom. The Bertz CT molecular complexity index is 845. The van der Waals surface area contributed by atoms with Gasteiger partial charge in [0, 0.05) is 11.3 Å². The smallest absolute Gasteiger partial charge is 0.279 e. The van der Waals surface area contributed by atoms with E-state index in [-0.39, 0.29) is 5.56 Å². The highest BCUT2D eigenvalue weighted by Gasteiger charge is 2.07. The van der Waals surface area contributed by atoms with E-state index in [1.807, 2.05) is 54.6 Å². The van der Waals surface area contributed by atoms with Gasteiger partial charge in [0.15, 0.2) is 5.69 Å². The van der Waals surface area contributed by atoms with Gasteiger partial charge in [-0.2, -0.15) is 0 Å². The number of nitrogens with zero attached hydrogens (tertiary/aromatic N) is 2. The fourth-order valence-corrected chi connectivity index (χ4v) is 2.17. The predicted octanol–water partition coefficient (Wildman–Crippen LogP) is 3.36. The van der Waals surface area contributed by atoms with Gasteiger partial charge in [0.1, 0.15) is 5.75 Å². The van der Waals surface area contributed by atoms with Crippen molar-refractivity contribution in [2.75, 3.05) is 11.9 Å². The molecule has 3 aromatic rings. The van der Waals surface area contributed by atoms with Gasteiger partial charge in [0.2, 0.25) is 5.95 Å². The van der Waals surface area contributed by atoms with Gasteiger partial charge in [-0.1, -0.05) is 37.3 Å². The molecule has 2 aromatic carbocycles. The number of benzene rings is 2. The number of rotatable bonds is 6. The average molecular weight is 322 g/mol. The van der Waals surface area contributed by atoms with Gasteiger partial charge in [0.25, 0.3) is 5.56 Å². The Hall–Kier alpha value is -3.15. The van der Waals surface area contributed by atoms with Crippen LogP contribution >= 0.6 is 0 Å². The molecule has 0 fully saturated rings. The van der Waals surface area contributed by atoms with Gasteiger partial charge >= 0.3 is 0 Å². The molecule has 2 N–H and O–H groups in total.